The summed E-state index contributed by atoms with van der Waals surface area (Å²) >= 11 is 5.84. The normalized spacial score (nSPS) is 18.0. The molecule has 0 saturated carbocycles. The van der Waals surface area contributed by atoms with E-state index < -0.39 is 15.4 Å². The van der Waals surface area contributed by atoms with Crippen molar-refractivity contribution < 1.29 is 13.2 Å². The summed E-state index contributed by atoms with van der Waals surface area (Å²) in [6, 6.07) is 15.8. The van der Waals surface area contributed by atoms with Gasteiger partial charge in [0.25, 0.3) is 0 Å². The zero-order chi connectivity index (χ0) is 18.1. The third-order valence-corrected chi connectivity index (χ3v) is 7.19. The lowest BCUT2D eigenvalue weighted by Gasteiger charge is -2.40. The minimum atomic E-state index is -3.57. The fraction of sp³-hybridized carbons (Fsp3) is 0.316. The fourth-order valence-corrected chi connectivity index (χ4v) is 5.03. The second kappa shape index (κ2) is 6.90. The van der Waals surface area contributed by atoms with Gasteiger partial charge in [-0.15, -0.1) is 0 Å². The molecule has 25 heavy (non-hydrogen) atoms. The van der Waals surface area contributed by atoms with Crippen LogP contribution in [0.2, 0.25) is 5.02 Å². The van der Waals surface area contributed by atoms with Crippen LogP contribution in [0.1, 0.15) is 25.3 Å². The van der Waals surface area contributed by atoms with E-state index in [1.165, 1.54) is 16.4 Å². The summed E-state index contributed by atoms with van der Waals surface area (Å²) in [5, 5.41) is 0.497. The Balaban J connectivity index is 1.85. The van der Waals surface area contributed by atoms with E-state index in [4.69, 9.17) is 11.6 Å². The molecule has 3 rings (SSSR count). The van der Waals surface area contributed by atoms with Crippen LogP contribution in [0.5, 0.6) is 0 Å². The van der Waals surface area contributed by atoms with Gasteiger partial charge in [-0.25, -0.2) is 8.42 Å². The van der Waals surface area contributed by atoms with Gasteiger partial charge >= 0.3 is 0 Å². The molecule has 1 saturated heterocycles. The van der Waals surface area contributed by atoms with Crippen molar-refractivity contribution in [2.75, 3.05) is 13.1 Å². The van der Waals surface area contributed by atoms with Gasteiger partial charge in [-0.05, 0) is 49.6 Å². The number of sulfonamides is 1. The van der Waals surface area contributed by atoms with Gasteiger partial charge in [-0.1, -0.05) is 41.9 Å². The maximum atomic E-state index is 12.8. The smallest absolute Gasteiger partial charge is 0.243 e. The first kappa shape index (κ1) is 18.1. The lowest BCUT2D eigenvalue weighted by atomic mass is 9.70. The number of carbonyl (C=O) groups is 1. The van der Waals surface area contributed by atoms with Crippen LogP contribution in [0.15, 0.2) is 59.5 Å². The van der Waals surface area contributed by atoms with Crippen molar-refractivity contribution in [3.63, 3.8) is 0 Å². The number of nitrogens with zero attached hydrogens (tertiary/aromatic N) is 1. The first-order valence-corrected chi connectivity index (χ1v) is 10.0. The monoisotopic (exact) mass is 377 g/mol. The zero-order valence-electron chi connectivity index (χ0n) is 14.0. The highest BCUT2D eigenvalue weighted by atomic mass is 35.5. The predicted molar refractivity (Wildman–Crippen MR) is 98.2 cm³/mol. The first-order chi connectivity index (χ1) is 11.9. The maximum Gasteiger partial charge on any atom is 0.243 e. The van der Waals surface area contributed by atoms with E-state index in [9.17, 15) is 13.2 Å². The summed E-state index contributed by atoms with van der Waals surface area (Å²) in [6.07, 6.45) is 0.971. The molecule has 0 aliphatic carbocycles. The lowest BCUT2D eigenvalue weighted by molar-refractivity contribution is -0.123. The Labute approximate surface area is 153 Å². The minimum absolute atomic E-state index is 0.0854. The van der Waals surface area contributed by atoms with Crippen molar-refractivity contribution in [3.8, 4) is 0 Å². The summed E-state index contributed by atoms with van der Waals surface area (Å²) in [7, 11) is -3.57. The lowest BCUT2D eigenvalue weighted by Crippen LogP contribution is -2.48. The largest absolute Gasteiger partial charge is 0.299 e. The van der Waals surface area contributed by atoms with Crippen molar-refractivity contribution in [1.82, 2.24) is 4.31 Å². The second-order valence-electron chi connectivity index (χ2n) is 6.36. The van der Waals surface area contributed by atoms with Gasteiger partial charge in [0.15, 0.2) is 0 Å². The van der Waals surface area contributed by atoms with Gasteiger partial charge in [-0.2, -0.15) is 4.31 Å². The molecule has 0 unspecified atom stereocenters. The maximum absolute atomic E-state index is 12.8. The number of rotatable bonds is 4. The number of carbonyl (C=O) groups excluding carboxylic acids is 1. The zero-order valence-corrected chi connectivity index (χ0v) is 15.6. The van der Waals surface area contributed by atoms with E-state index in [1.807, 2.05) is 30.3 Å². The second-order valence-corrected chi connectivity index (χ2v) is 8.74. The van der Waals surface area contributed by atoms with Crippen molar-refractivity contribution in [1.29, 1.82) is 0 Å². The molecule has 0 atom stereocenters. The molecule has 6 heteroatoms. The van der Waals surface area contributed by atoms with Crippen LogP contribution in [0, 0.1) is 0 Å². The molecule has 0 amide bonds. The SMILES string of the molecule is CC(=O)C1(c2ccccc2)CCN(S(=O)(=O)c2ccc(Cl)cc2)CC1. The molecule has 1 fully saturated rings. The van der Waals surface area contributed by atoms with Crippen LogP contribution in [0.25, 0.3) is 0 Å². The quantitative estimate of drug-likeness (QED) is 0.817. The van der Waals surface area contributed by atoms with E-state index >= 15 is 0 Å². The number of halogens is 1. The van der Waals surface area contributed by atoms with E-state index in [0.717, 1.165) is 5.56 Å². The van der Waals surface area contributed by atoms with Gasteiger partial charge in [0.2, 0.25) is 10.0 Å². The van der Waals surface area contributed by atoms with Crippen LogP contribution in [-0.4, -0.2) is 31.6 Å². The fourth-order valence-electron chi connectivity index (χ4n) is 3.47. The Kier molecular flexibility index (Phi) is 5.00. The molecule has 0 aromatic heterocycles. The van der Waals surface area contributed by atoms with Crippen molar-refractivity contribution in [3.05, 3.63) is 65.2 Å². The standard InChI is InChI=1S/C19H20ClNO3S/c1-15(22)19(16-5-3-2-4-6-16)11-13-21(14-12-19)25(23,24)18-9-7-17(20)8-10-18/h2-10H,11-14H2,1H3. The van der Waals surface area contributed by atoms with Crippen LogP contribution in [0.3, 0.4) is 0 Å². The molecule has 0 spiro atoms. The molecule has 1 aliphatic rings. The Morgan fingerprint density at radius 2 is 1.56 bits per heavy atom. The summed E-state index contributed by atoms with van der Waals surface area (Å²) in [5.41, 5.74) is 0.360. The van der Waals surface area contributed by atoms with Gasteiger partial charge in [0.05, 0.1) is 10.3 Å². The average molecular weight is 378 g/mol. The number of ketones is 1. The molecule has 0 bridgehead atoms. The Hall–Kier alpha value is -1.69. The highest BCUT2D eigenvalue weighted by Crippen LogP contribution is 2.38. The van der Waals surface area contributed by atoms with Crippen molar-refractivity contribution >= 4 is 27.4 Å². The molecule has 1 heterocycles. The van der Waals surface area contributed by atoms with Crippen molar-refractivity contribution in [2.45, 2.75) is 30.1 Å². The Bertz CT molecular complexity index is 855. The number of piperidine rings is 1. The van der Waals surface area contributed by atoms with E-state index in [2.05, 4.69) is 0 Å². The Morgan fingerprint density at radius 3 is 2.08 bits per heavy atom. The topological polar surface area (TPSA) is 54.5 Å². The number of benzene rings is 2. The molecule has 0 radical (unpaired) electrons. The molecule has 132 valence electrons. The first-order valence-electron chi connectivity index (χ1n) is 8.18. The third kappa shape index (κ3) is 3.36. The molecular weight excluding hydrogens is 358 g/mol. The third-order valence-electron chi connectivity index (χ3n) is 5.03. The Morgan fingerprint density at radius 1 is 1.00 bits per heavy atom. The molecule has 0 N–H and O–H groups in total. The van der Waals surface area contributed by atoms with E-state index in [1.54, 1.807) is 19.1 Å². The number of hydrogen-bond donors (Lipinski definition) is 0. The van der Waals surface area contributed by atoms with Gasteiger partial charge in [-0.3, -0.25) is 4.79 Å². The number of hydrogen-bond acceptors (Lipinski definition) is 3. The van der Waals surface area contributed by atoms with Gasteiger partial charge in [0.1, 0.15) is 5.78 Å². The average Bonchev–Trinajstić information content (AvgIpc) is 2.62. The molecule has 2 aromatic rings. The summed E-state index contributed by atoms with van der Waals surface area (Å²) < 4.78 is 27.1. The summed E-state index contributed by atoms with van der Waals surface area (Å²) in [6.45, 7) is 2.23. The molecule has 1 aliphatic heterocycles. The highest BCUT2D eigenvalue weighted by Gasteiger charge is 2.42. The molecular formula is C19H20ClNO3S. The molecule has 4 nitrogen and oxygen atoms in total. The van der Waals surface area contributed by atoms with Crippen LogP contribution >= 0.6 is 11.6 Å². The van der Waals surface area contributed by atoms with E-state index in [0.29, 0.717) is 31.0 Å². The molecule has 2 aromatic carbocycles. The summed E-state index contributed by atoms with van der Waals surface area (Å²) in [5.74, 6) is 0.0854. The van der Waals surface area contributed by atoms with Gasteiger partial charge in [0, 0.05) is 18.1 Å². The minimum Gasteiger partial charge on any atom is -0.299 e. The van der Waals surface area contributed by atoms with Crippen LogP contribution in [0.4, 0.5) is 0 Å². The van der Waals surface area contributed by atoms with Crippen LogP contribution < -0.4 is 0 Å². The highest BCUT2D eigenvalue weighted by molar-refractivity contribution is 7.89. The number of Topliss-reactive ketones (excluding diaryl/α,β-unsaturated/α-hetero) is 1. The van der Waals surface area contributed by atoms with Gasteiger partial charge < -0.3 is 0 Å². The van der Waals surface area contributed by atoms with Crippen molar-refractivity contribution in [2.24, 2.45) is 0 Å². The van der Waals surface area contributed by atoms with E-state index in [-0.39, 0.29) is 10.7 Å². The summed E-state index contributed by atoms with van der Waals surface area (Å²) in [4.78, 5) is 12.6. The predicted octanol–water partition coefficient (Wildman–Crippen LogP) is 3.65. The van der Waals surface area contributed by atoms with Crippen LogP contribution in [-0.2, 0) is 20.2 Å².